The largest absolute Gasteiger partial charge is 0.496 e. The maximum Gasteiger partial charge on any atom is 0.212 e. The molecular formula is C14H24N2O3S. The SMILES string of the molecule is CCCNCCS(=O)(=O)NCCc1ccccc1OC. The van der Waals surface area contributed by atoms with Gasteiger partial charge in [-0.15, -0.1) is 0 Å². The van der Waals surface area contributed by atoms with Crippen molar-refractivity contribution in [2.45, 2.75) is 19.8 Å². The number of benzene rings is 1. The van der Waals surface area contributed by atoms with Crippen molar-refractivity contribution < 1.29 is 13.2 Å². The van der Waals surface area contributed by atoms with Crippen LogP contribution in [0.25, 0.3) is 0 Å². The van der Waals surface area contributed by atoms with E-state index in [4.69, 9.17) is 4.74 Å². The smallest absolute Gasteiger partial charge is 0.212 e. The van der Waals surface area contributed by atoms with Crippen molar-refractivity contribution >= 4 is 10.0 Å². The second-order valence-electron chi connectivity index (χ2n) is 4.53. The predicted molar refractivity (Wildman–Crippen MR) is 81.6 cm³/mol. The van der Waals surface area contributed by atoms with Crippen LogP contribution in [0.4, 0.5) is 0 Å². The monoisotopic (exact) mass is 300 g/mol. The quantitative estimate of drug-likeness (QED) is 0.636. The van der Waals surface area contributed by atoms with Gasteiger partial charge in [0.05, 0.1) is 12.9 Å². The van der Waals surface area contributed by atoms with E-state index in [1.165, 1.54) is 0 Å². The standard InChI is InChI=1S/C14H24N2O3S/c1-3-9-15-11-12-20(17,18)16-10-8-13-6-4-5-7-14(13)19-2/h4-7,15-16H,3,8-12H2,1-2H3. The Morgan fingerprint density at radius 2 is 1.90 bits per heavy atom. The molecule has 5 nitrogen and oxygen atoms in total. The molecule has 114 valence electrons. The van der Waals surface area contributed by atoms with Crippen LogP contribution >= 0.6 is 0 Å². The van der Waals surface area contributed by atoms with Crippen molar-refractivity contribution in [2.75, 3.05) is 32.5 Å². The summed E-state index contributed by atoms with van der Waals surface area (Å²) in [6.07, 6.45) is 1.62. The molecule has 0 heterocycles. The van der Waals surface area contributed by atoms with E-state index in [1.54, 1.807) is 7.11 Å². The van der Waals surface area contributed by atoms with E-state index >= 15 is 0 Å². The van der Waals surface area contributed by atoms with Crippen molar-refractivity contribution in [3.63, 3.8) is 0 Å². The van der Waals surface area contributed by atoms with E-state index < -0.39 is 10.0 Å². The van der Waals surface area contributed by atoms with Gasteiger partial charge in [0.1, 0.15) is 5.75 Å². The van der Waals surface area contributed by atoms with Gasteiger partial charge < -0.3 is 10.1 Å². The fraction of sp³-hybridized carbons (Fsp3) is 0.571. The van der Waals surface area contributed by atoms with Crippen molar-refractivity contribution in [2.24, 2.45) is 0 Å². The molecule has 1 rings (SSSR count). The third-order valence-electron chi connectivity index (χ3n) is 2.88. The summed E-state index contributed by atoms with van der Waals surface area (Å²) in [5.74, 6) is 0.898. The van der Waals surface area contributed by atoms with E-state index in [2.05, 4.69) is 10.0 Å². The van der Waals surface area contributed by atoms with Crippen LogP contribution in [0.1, 0.15) is 18.9 Å². The zero-order valence-corrected chi connectivity index (χ0v) is 13.0. The average molecular weight is 300 g/mol. The van der Waals surface area contributed by atoms with Crippen LogP contribution in [0.2, 0.25) is 0 Å². The molecule has 0 radical (unpaired) electrons. The molecule has 0 amide bonds. The van der Waals surface area contributed by atoms with Gasteiger partial charge in [-0.25, -0.2) is 13.1 Å². The lowest BCUT2D eigenvalue weighted by Crippen LogP contribution is -2.33. The van der Waals surface area contributed by atoms with Crippen LogP contribution in [0.5, 0.6) is 5.75 Å². The first kappa shape index (κ1) is 16.9. The van der Waals surface area contributed by atoms with Gasteiger partial charge in [0.15, 0.2) is 0 Å². The molecule has 0 saturated carbocycles. The van der Waals surface area contributed by atoms with Gasteiger partial charge in [-0.1, -0.05) is 25.1 Å². The molecule has 0 unspecified atom stereocenters. The molecule has 0 fully saturated rings. The van der Waals surface area contributed by atoms with Crippen LogP contribution in [-0.4, -0.2) is 40.9 Å². The zero-order chi connectivity index (χ0) is 14.8. The molecule has 0 spiro atoms. The molecule has 0 aromatic heterocycles. The lowest BCUT2D eigenvalue weighted by Gasteiger charge is -2.10. The minimum Gasteiger partial charge on any atom is -0.496 e. The van der Waals surface area contributed by atoms with Gasteiger partial charge in [-0.05, 0) is 31.0 Å². The van der Waals surface area contributed by atoms with E-state index in [-0.39, 0.29) is 5.75 Å². The van der Waals surface area contributed by atoms with Gasteiger partial charge in [-0.2, -0.15) is 0 Å². The van der Waals surface area contributed by atoms with E-state index in [0.29, 0.717) is 19.5 Å². The Labute approximate surface area is 121 Å². The molecule has 0 atom stereocenters. The highest BCUT2D eigenvalue weighted by Gasteiger charge is 2.09. The summed E-state index contributed by atoms with van der Waals surface area (Å²) in [4.78, 5) is 0. The molecule has 0 bridgehead atoms. The maximum absolute atomic E-state index is 11.8. The highest BCUT2D eigenvalue weighted by Crippen LogP contribution is 2.17. The molecule has 6 heteroatoms. The van der Waals surface area contributed by atoms with Crippen LogP contribution in [-0.2, 0) is 16.4 Å². The maximum atomic E-state index is 11.8. The fourth-order valence-corrected chi connectivity index (χ4v) is 2.80. The first-order chi connectivity index (χ1) is 9.59. The number of nitrogens with one attached hydrogen (secondary N) is 2. The highest BCUT2D eigenvalue weighted by molar-refractivity contribution is 7.89. The highest BCUT2D eigenvalue weighted by atomic mass is 32.2. The van der Waals surface area contributed by atoms with E-state index in [1.807, 2.05) is 31.2 Å². The summed E-state index contributed by atoms with van der Waals surface area (Å²) in [5, 5.41) is 3.08. The molecule has 1 aromatic rings. The lowest BCUT2D eigenvalue weighted by atomic mass is 10.1. The Morgan fingerprint density at radius 1 is 1.15 bits per heavy atom. The minimum absolute atomic E-state index is 0.110. The zero-order valence-electron chi connectivity index (χ0n) is 12.2. The first-order valence-corrected chi connectivity index (χ1v) is 8.54. The fourth-order valence-electron chi connectivity index (χ4n) is 1.83. The Kier molecular flexibility index (Phi) is 7.58. The van der Waals surface area contributed by atoms with Crippen LogP contribution in [0, 0.1) is 0 Å². The average Bonchev–Trinajstić information content (AvgIpc) is 2.44. The molecular weight excluding hydrogens is 276 g/mol. The molecule has 0 aliphatic rings. The number of sulfonamides is 1. The third-order valence-corrected chi connectivity index (χ3v) is 4.27. The third kappa shape index (κ3) is 6.36. The van der Waals surface area contributed by atoms with Gasteiger partial charge in [0.2, 0.25) is 10.0 Å². The Balaban J connectivity index is 2.35. The van der Waals surface area contributed by atoms with Crippen molar-refractivity contribution in [1.29, 1.82) is 0 Å². The predicted octanol–water partition coefficient (Wildman–Crippen LogP) is 1.16. The van der Waals surface area contributed by atoms with E-state index in [9.17, 15) is 8.42 Å². The second-order valence-corrected chi connectivity index (χ2v) is 6.45. The van der Waals surface area contributed by atoms with Crippen molar-refractivity contribution in [1.82, 2.24) is 10.0 Å². The van der Waals surface area contributed by atoms with Crippen molar-refractivity contribution in [3.8, 4) is 5.75 Å². The Hall–Kier alpha value is -1.11. The second kappa shape index (κ2) is 8.94. The Bertz CT molecular complexity index is 489. The first-order valence-electron chi connectivity index (χ1n) is 6.89. The summed E-state index contributed by atoms with van der Waals surface area (Å²) >= 11 is 0. The molecule has 2 N–H and O–H groups in total. The van der Waals surface area contributed by atoms with Crippen LogP contribution < -0.4 is 14.8 Å². The summed E-state index contributed by atoms with van der Waals surface area (Å²) in [5.41, 5.74) is 1.00. The number of para-hydroxylation sites is 1. The molecule has 1 aromatic carbocycles. The number of hydrogen-bond donors (Lipinski definition) is 2. The van der Waals surface area contributed by atoms with Crippen LogP contribution in [0.3, 0.4) is 0 Å². The topological polar surface area (TPSA) is 67.4 Å². The number of rotatable bonds is 10. The number of hydrogen-bond acceptors (Lipinski definition) is 4. The molecule has 20 heavy (non-hydrogen) atoms. The van der Waals surface area contributed by atoms with E-state index in [0.717, 1.165) is 24.3 Å². The normalized spacial score (nSPS) is 11.5. The van der Waals surface area contributed by atoms with Crippen molar-refractivity contribution in [3.05, 3.63) is 29.8 Å². The minimum atomic E-state index is -3.21. The summed E-state index contributed by atoms with van der Waals surface area (Å²) in [7, 11) is -1.59. The van der Waals surface area contributed by atoms with Gasteiger partial charge in [0, 0.05) is 13.1 Å². The number of ether oxygens (including phenoxy) is 1. The van der Waals surface area contributed by atoms with Gasteiger partial charge in [0.25, 0.3) is 0 Å². The molecule has 0 saturated heterocycles. The van der Waals surface area contributed by atoms with Gasteiger partial charge >= 0.3 is 0 Å². The number of methoxy groups -OCH3 is 1. The molecule has 0 aliphatic carbocycles. The lowest BCUT2D eigenvalue weighted by molar-refractivity contribution is 0.409. The Morgan fingerprint density at radius 3 is 2.60 bits per heavy atom. The summed E-state index contributed by atoms with van der Waals surface area (Å²) in [6, 6.07) is 7.63. The molecule has 0 aliphatic heterocycles. The van der Waals surface area contributed by atoms with Crippen LogP contribution in [0.15, 0.2) is 24.3 Å². The summed E-state index contributed by atoms with van der Waals surface area (Å²) < 4.78 is 31.4. The van der Waals surface area contributed by atoms with Gasteiger partial charge in [-0.3, -0.25) is 0 Å². The summed E-state index contributed by atoms with van der Waals surface area (Å²) in [6.45, 7) is 3.76.